The van der Waals surface area contributed by atoms with Gasteiger partial charge in [-0.1, -0.05) is 26.5 Å². The molecule has 2 aromatic rings. The van der Waals surface area contributed by atoms with Crippen LogP contribution in [0.4, 0.5) is 5.69 Å². The maximum atomic E-state index is 6.45. The van der Waals surface area contributed by atoms with E-state index in [1.54, 1.807) is 14.2 Å². The average Bonchev–Trinajstić information content (AvgIpc) is 2.73. The minimum absolute atomic E-state index is 0.175. The molecule has 0 saturated carbocycles. The first kappa shape index (κ1) is 24.1. The summed E-state index contributed by atoms with van der Waals surface area (Å²) in [7, 11) is 3.41. The normalized spacial score (nSPS) is 15.6. The fraction of sp³-hybridized carbons (Fsp3) is 0.464. The molecule has 4 nitrogen and oxygen atoms in total. The second-order valence-corrected chi connectivity index (χ2v) is 9.10. The summed E-state index contributed by atoms with van der Waals surface area (Å²) in [5.41, 5.74) is 9.12. The lowest BCUT2D eigenvalue weighted by molar-refractivity contribution is 0.101. The second kappa shape index (κ2) is 10.4. The minimum Gasteiger partial charge on any atom is -0.496 e. The Kier molecular flexibility index (Phi) is 7.78. The van der Waals surface area contributed by atoms with E-state index in [1.807, 2.05) is 6.92 Å². The van der Waals surface area contributed by atoms with Crippen molar-refractivity contribution < 1.29 is 14.2 Å². The average molecular weight is 436 g/mol. The van der Waals surface area contributed by atoms with Crippen molar-refractivity contribution in [3.63, 3.8) is 0 Å². The van der Waals surface area contributed by atoms with Gasteiger partial charge in [-0.3, -0.25) is 4.99 Å². The molecule has 0 saturated heterocycles. The summed E-state index contributed by atoms with van der Waals surface area (Å²) >= 11 is 0. The standard InChI is InChI=1S/C28H37NO3/c1-17(2)25(16-30-7)32-24-13-12-21-10-9-11-23(27(21)26(24)18(3)4)29-22-14-19(5)28(31-8)20(6)15-22/h12-15,18,25H,1,9-11,16H2,2-8H3/t25-/m0/s1. The van der Waals surface area contributed by atoms with Crippen molar-refractivity contribution in [1.82, 2.24) is 0 Å². The van der Waals surface area contributed by atoms with E-state index in [-0.39, 0.29) is 6.10 Å². The quantitative estimate of drug-likeness (QED) is 0.425. The fourth-order valence-corrected chi connectivity index (χ4v) is 4.61. The first-order valence-corrected chi connectivity index (χ1v) is 11.5. The van der Waals surface area contributed by atoms with Gasteiger partial charge in [-0.25, -0.2) is 0 Å². The Bertz CT molecular complexity index is 997. The third-order valence-electron chi connectivity index (χ3n) is 6.07. The van der Waals surface area contributed by atoms with Gasteiger partial charge >= 0.3 is 0 Å². The molecule has 1 aliphatic rings. The molecule has 0 aliphatic heterocycles. The highest BCUT2D eigenvalue weighted by molar-refractivity contribution is 6.06. The van der Waals surface area contributed by atoms with Crippen LogP contribution in [-0.4, -0.2) is 32.6 Å². The maximum absolute atomic E-state index is 6.45. The van der Waals surface area contributed by atoms with Crippen LogP contribution in [0.25, 0.3) is 0 Å². The molecule has 0 unspecified atom stereocenters. The van der Waals surface area contributed by atoms with Crippen molar-refractivity contribution in [1.29, 1.82) is 0 Å². The molecule has 0 spiro atoms. The third kappa shape index (κ3) is 5.07. The van der Waals surface area contributed by atoms with Crippen molar-refractivity contribution in [2.24, 2.45) is 4.99 Å². The van der Waals surface area contributed by atoms with Gasteiger partial charge in [0.25, 0.3) is 0 Å². The molecule has 0 aromatic heterocycles. The number of rotatable bonds is 8. The highest BCUT2D eigenvalue weighted by Crippen LogP contribution is 2.38. The molecule has 0 heterocycles. The van der Waals surface area contributed by atoms with Crippen molar-refractivity contribution in [2.75, 3.05) is 20.8 Å². The fourth-order valence-electron chi connectivity index (χ4n) is 4.61. The molecule has 3 rings (SSSR count). The van der Waals surface area contributed by atoms with Crippen molar-refractivity contribution in [2.45, 2.75) is 65.9 Å². The highest BCUT2D eigenvalue weighted by atomic mass is 16.5. The van der Waals surface area contributed by atoms with Crippen molar-refractivity contribution in [3.05, 3.63) is 64.2 Å². The van der Waals surface area contributed by atoms with E-state index in [0.29, 0.717) is 12.5 Å². The summed E-state index contributed by atoms with van der Waals surface area (Å²) in [6, 6.07) is 8.54. The van der Waals surface area contributed by atoms with Crippen LogP contribution in [0.15, 0.2) is 41.4 Å². The monoisotopic (exact) mass is 435 g/mol. The zero-order valence-electron chi connectivity index (χ0n) is 20.7. The Balaban J connectivity index is 2.12. The topological polar surface area (TPSA) is 40.0 Å². The summed E-state index contributed by atoms with van der Waals surface area (Å²) in [5, 5.41) is 0. The van der Waals surface area contributed by atoms with Gasteiger partial charge in [0.05, 0.1) is 19.4 Å². The van der Waals surface area contributed by atoms with Gasteiger partial charge in [-0.2, -0.15) is 0 Å². The Morgan fingerprint density at radius 2 is 1.78 bits per heavy atom. The molecule has 1 atom stereocenters. The molecule has 0 N–H and O–H groups in total. The zero-order valence-corrected chi connectivity index (χ0v) is 20.7. The van der Waals surface area contributed by atoms with Crippen LogP contribution in [0, 0.1) is 13.8 Å². The Labute approximate surface area is 193 Å². The highest BCUT2D eigenvalue weighted by Gasteiger charge is 2.25. The molecule has 4 heteroatoms. The predicted octanol–water partition coefficient (Wildman–Crippen LogP) is 6.86. The van der Waals surface area contributed by atoms with Crippen molar-refractivity contribution in [3.8, 4) is 11.5 Å². The van der Waals surface area contributed by atoms with Crippen LogP contribution in [-0.2, 0) is 11.2 Å². The molecule has 0 amide bonds. The Morgan fingerprint density at radius 1 is 1.09 bits per heavy atom. The van der Waals surface area contributed by atoms with E-state index in [9.17, 15) is 0 Å². The van der Waals surface area contributed by atoms with E-state index >= 15 is 0 Å². The second-order valence-electron chi connectivity index (χ2n) is 9.10. The predicted molar refractivity (Wildman–Crippen MR) is 133 cm³/mol. The Morgan fingerprint density at radius 3 is 2.34 bits per heavy atom. The van der Waals surface area contributed by atoms with E-state index in [4.69, 9.17) is 19.2 Å². The summed E-state index contributed by atoms with van der Waals surface area (Å²) in [6.45, 7) is 15.2. The number of aliphatic imine (C=N–C) groups is 1. The van der Waals surface area contributed by atoms with Crippen LogP contribution < -0.4 is 9.47 Å². The lowest BCUT2D eigenvalue weighted by atomic mass is 9.82. The number of nitrogens with zero attached hydrogens (tertiary/aromatic N) is 1. The number of hydrogen-bond acceptors (Lipinski definition) is 4. The number of fused-ring (bicyclic) bond motifs is 1. The van der Waals surface area contributed by atoms with Gasteiger partial charge < -0.3 is 14.2 Å². The SMILES string of the molecule is C=C(C)[C@H](COC)Oc1ccc2c(c1C(C)C)C(=Nc1cc(C)c(OC)c(C)c1)CCC2. The zero-order chi connectivity index (χ0) is 23.4. The molecule has 0 radical (unpaired) electrons. The summed E-state index contributed by atoms with van der Waals surface area (Å²) in [4.78, 5) is 5.15. The lowest BCUT2D eigenvalue weighted by Gasteiger charge is -2.28. The first-order valence-electron chi connectivity index (χ1n) is 11.5. The van der Waals surface area contributed by atoms with E-state index < -0.39 is 0 Å². The molecule has 32 heavy (non-hydrogen) atoms. The maximum Gasteiger partial charge on any atom is 0.142 e. The van der Waals surface area contributed by atoms with Gasteiger partial charge in [-0.05, 0) is 86.4 Å². The van der Waals surface area contributed by atoms with Gasteiger partial charge in [0.2, 0.25) is 0 Å². The smallest absolute Gasteiger partial charge is 0.142 e. The number of aryl methyl sites for hydroxylation is 3. The van der Waals surface area contributed by atoms with E-state index in [0.717, 1.165) is 58.9 Å². The summed E-state index contributed by atoms with van der Waals surface area (Å²) in [5.74, 6) is 2.14. The Hall–Kier alpha value is -2.59. The van der Waals surface area contributed by atoms with E-state index in [2.05, 4.69) is 58.5 Å². The van der Waals surface area contributed by atoms with Crippen LogP contribution in [0.3, 0.4) is 0 Å². The molecule has 0 bridgehead atoms. The largest absolute Gasteiger partial charge is 0.496 e. The molecular formula is C28H37NO3. The molecule has 2 aromatic carbocycles. The molecule has 0 fully saturated rings. The van der Waals surface area contributed by atoms with Gasteiger partial charge in [0, 0.05) is 23.9 Å². The first-order chi connectivity index (χ1) is 15.3. The van der Waals surface area contributed by atoms with Crippen LogP contribution in [0.5, 0.6) is 11.5 Å². The van der Waals surface area contributed by atoms with Gasteiger partial charge in [0.1, 0.15) is 17.6 Å². The van der Waals surface area contributed by atoms with Crippen molar-refractivity contribution >= 4 is 11.4 Å². The van der Waals surface area contributed by atoms with Crippen LogP contribution in [0.1, 0.15) is 67.3 Å². The molecule has 172 valence electrons. The summed E-state index contributed by atoms with van der Waals surface area (Å²) < 4.78 is 17.4. The lowest BCUT2D eigenvalue weighted by Crippen LogP contribution is -2.25. The number of ether oxygens (including phenoxy) is 3. The molecular weight excluding hydrogens is 398 g/mol. The van der Waals surface area contributed by atoms with Crippen LogP contribution in [0.2, 0.25) is 0 Å². The third-order valence-corrected chi connectivity index (χ3v) is 6.07. The molecule has 1 aliphatic carbocycles. The number of hydrogen-bond donors (Lipinski definition) is 0. The minimum atomic E-state index is -0.175. The van der Waals surface area contributed by atoms with Gasteiger partial charge in [-0.15, -0.1) is 0 Å². The van der Waals surface area contributed by atoms with Gasteiger partial charge in [0.15, 0.2) is 0 Å². The number of benzene rings is 2. The number of methoxy groups -OCH3 is 2. The summed E-state index contributed by atoms with van der Waals surface area (Å²) in [6.07, 6.45) is 2.96. The van der Waals surface area contributed by atoms with Crippen LogP contribution >= 0.6 is 0 Å². The van der Waals surface area contributed by atoms with E-state index in [1.165, 1.54) is 16.7 Å².